The lowest BCUT2D eigenvalue weighted by molar-refractivity contribution is -0.128. The van der Waals surface area contributed by atoms with E-state index in [1.165, 1.54) is 18.6 Å². The Balaban J connectivity index is 2.02. The van der Waals surface area contributed by atoms with Crippen molar-refractivity contribution in [3.63, 3.8) is 0 Å². The molecule has 0 aliphatic rings. The lowest BCUT2D eigenvalue weighted by Crippen LogP contribution is -2.55. The summed E-state index contributed by atoms with van der Waals surface area (Å²) in [6.07, 6.45) is 5.25. The number of hydrogen-bond acceptors (Lipinski definition) is 7. The molecule has 10 nitrogen and oxygen atoms in total. The molecule has 3 amide bonds. The van der Waals surface area contributed by atoms with Crippen molar-refractivity contribution in [2.24, 2.45) is 0 Å². The van der Waals surface area contributed by atoms with Gasteiger partial charge in [-0.05, 0) is 31.7 Å². The van der Waals surface area contributed by atoms with Crippen LogP contribution in [0.4, 0.5) is 0 Å². The van der Waals surface area contributed by atoms with Gasteiger partial charge in [-0.1, -0.05) is 30.3 Å². The number of nitrogens with one attached hydrogen (secondary N) is 3. The van der Waals surface area contributed by atoms with Crippen LogP contribution >= 0.6 is 0 Å². The summed E-state index contributed by atoms with van der Waals surface area (Å²) in [6, 6.07) is 8.45. The number of benzene rings is 1. The van der Waals surface area contributed by atoms with Gasteiger partial charge in [-0.15, -0.1) is 0 Å². The molecule has 0 saturated heterocycles. The number of aromatic nitrogens is 2. The van der Waals surface area contributed by atoms with Crippen LogP contribution in [-0.4, -0.2) is 63.4 Å². The molecule has 0 saturated carbocycles. The zero-order valence-corrected chi connectivity index (χ0v) is 17.9. The van der Waals surface area contributed by atoms with E-state index in [0.29, 0.717) is 25.8 Å². The maximum absolute atomic E-state index is 12.8. The predicted octanol–water partition coefficient (Wildman–Crippen LogP) is -0.379. The van der Waals surface area contributed by atoms with Crippen molar-refractivity contribution >= 4 is 24.8 Å². The summed E-state index contributed by atoms with van der Waals surface area (Å²) >= 11 is 0. The van der Waals surface area contributed by atoms with Crippen molar-refractivity contribution in [2.75, 3.05) is 6.54 Å². The third kappa shape index (κ3) is 8.44. The first-order chi connectivity index (χ1) is 15.4. The van der Waals surface area contributed by atoms with E-state index >= 15 is 0 Å². The molecular weight excluding hydrogens is 413 g/mol. The van der Waals surface area contributed by atoms with Crippen molar-refractivity contribution in [1.29, 1.82) is 0 Å². The Bertz CT molecular complexity index is 869. The van der Waals surface area contributed by atoms with Gasteiger partial charge in [-0.25, -0.2) is 4.98 Å². The van der Waals surface area contributed by atoms with Gasteiger partial charge < -0.3 is 26.0 Å². The molecule has 5 N–H and O–H groups in total. The van der Waals surface area contributed by atoms with Crippen LogP contribution < -0.4 is 16.0 Å². The van der Waals surface area contributed by atoms with Crippen LogP contribution in [0.25, 0.3) is 0 Å². The van der Waals surface area contributed by atoms with E-state index in [1.807, 2.05) is 30.3 Å². The molecule has 2 aromatic rings. The molecule has 2 rings (SSSR count). The normalized spacial score (nSPS) is 12.3. The van der Waals surface area contributed by atoms with Gasteiger partial charge in [0, 0.05) is 18.9 Å². The number of carbonyl (C=O) groups excluding carboxylic acids is 3. The van der Waals surface area contributed by atoms with Gasteiger partial charge in [-0.3, -0.25) is 19.4 Å². The van der Waals surface area contributed by atoms with Crippen LogP contribution in [0.1, 0.15) is 42.2 Å². The Hall–Kier alpha value is -3.31. The Morgan fingerprint density at radius 3 is 2.47 bits per heavy atom. The van der Waals surface area contributed by atoms with E-state index in [1.54, 1.807) is 6.92 Å². The van der Waals surface area contributed by atoms with Crippen LogP contribution in [0.2, 0.25) is 0 Å². The van der Waals surface area contributed by atoms with E-state index in [9.17, 15) is 24.4 Å². The second kappa shape index (κ2) is 13.2. The summed E-state index contributed by atoms with van der Waals surface area (Å²) in [6.45, 7) is 2.10. The number of carbonyl (C=O) groups is 3. The molecule has 0 fully saturated rings. The van der Waals surface area contributed by atoms with Gasteiger partial charge in [0.1, 0.15) is 11.7 Å². The third-order valence-corrected chi connectivity index (χ3v) is 4.69. The standard InChI is InChI=1S/C21H28BN5O5/c1-2-24-19(28)13-16(26-21(30)17-14-23-11-12-25-17)20(29)27-18(22(31)32)10-6-9-15-7-4-3-5-8-15/h3-5,7-8,11-12,14,16,18,31-32H,2,6,9-10,13H2,1H3,(H,24,28)(H,26,30)(H,27,29). The van der Waals surface area contributed by atoms with Crippen LogP contribution in [-0.2, 0) is 16.0 Å². The van der Waals surface area contributed by atoms with Gasteiger partial charge in [-0.2, -0.15) is 0 Å². The lowest BCUT2D eigenvalue weighted by Gasteiger charge is -2.23. The number of rotatable bonds is 12. The summed E-state index contributed by atoms with van der Waals surface area (Å²) in [5.41, 5.74) is 1.08. The summed E-state index contributed by atoms with van der Waals surface area (Å²) in [5.74, 6) is -2.77. The summed E-state index contributed by atoms with van der Waals surface area (Å²) in [5, 5.41) is 27.0. The first-order valence-electron chi connectivity index (χ1n) is 10.4. The fourth-order valence-electron chi connectivity index (χ4n) is 3.06. The Morgan fingerprint density at radius 2 is 1.84 bits per heavy atom. The van der Waals surface area contributed by atoms with Crippen LogP contribution in [0.15, 0.2) is 48.9 Å². The summed E-state index contributed by atoms with van der Waals surface area (Å²) in [4.78, 5) is 45.0. The van der Waals surface area contributed by atoms with Crippen molar-refractivity contribution in [3.05, 3.63) is 60.2 Å². The minimum Gasteiger partial charge on any atom is -0.426 e. The quantitative estimate of drug-likeness (QED) is 0.282. The maximum Gasteiger partial charge on any atom is 0.475 e. The molecule has 0 bridgehead atoms. The van der Waals surface area contributed by atoms with Gasteiger partial charge in [0.15, 0.2) is 0 Å². The molecule has 1 aromatic heterocycles. The van der Waals surface area contributed by atoms with E-state index < -0.39 is 36.8 Å². The van der Waals surface area contributed by atoms with Gasteiger partial charge in [0.05, 0.1) is 18.6 Å². The SMILES string of the molecule is CCNC(=O)CC(NC(=O)c1cnccn1)C(=O)NC(CCCc1ccccc1)B(O)O. The molecule has 0 aliphatic heterocycles. The Morgan fingerprint density at radius 1 is 1.09 bits per heavy atom. The van der Waals surface area contributed by atoms with Crippen molar-refractivity contribution in [2.45, 2.75) is 44.6 Å². The second-order valence-electron chi connectivity index (χ2n) is 7.18. The fourth-order valence-corrected chi connectivity index (χ4v) is 3.06. The molecule has 1 heterocycles. The van der Waals surface area contributed by atoms with Gasteiger partial charge in [0.25, 0.3) is 5.91 Å². The molecule has 0 radical (unpaired) electrons. The molecule has 1 aromatic carbocycles. The Labute approximate surface area is 187 Å². The molecule has 0 spiro atoms. The number of nitrogens with zero attached hydrogens (tertiary/aromatic N) is 2. The topological polar surface area (TPSA) is 154 Å². The minimum absolute atomic E-state index is 0.0113. The highest BCUT2D eigenvalue weighted by molar-refractivity contribution is 6.43. The van der Waals surface area contributed by atoms with E-state index in [0.717, 1.165) is 5.56 Å². The van der Waals surface area contributed by atoms with E-state index in [-0.39, 0.29) is 12.1 Å². The number of hydrogen-bond donors (Lipinski definition) is 5. The van der Waals surface area contributed by atoms with Crippen molar-refractivity contribution in [3.8, 4) is 0 Å². The molecule has 32 heavy (non-hydrogen) atoms. The summed E-state index contributed by atoms with van der Waals surface area (Å²) < 4.78 is 0. The smallest absolute Gasteiger partial charge is 0.426 e. The average molecular weight is 441 g/mol. The number of amides is 3. The van der Waals surface area contributed by atoms with Crippen LogP contribution in [0.5, 0.6) is 0 Å². The van der Waals surface area contributed by atoms with Gasteiger partial charge in [0.2, 0.25) is 11.8 Å². The first-order valence-corrected chi connectivity index (χ1v) is 10.4. The highest BCUT2D eigenvalue weighted by Gasteiger charge is 2.30. The lowest BCUT2D eigenvalue weighted by atomic mass is 9.76. The largest absolute Gasteiger partial charge is 0.475 e. The molecule has 11 heteroatoms. The van der Waals surface area contributed by atoms with Crippen molar-refractivity contribution in [1.82, 2.24) is 25.9 Å². The molecule has 2 atom stereocenters. The number of aryl methyl sites for hydroxylation is 1. The Kier molecular flexibility index (Phi) is 10.3. The first kappa shape index (κ1) is 25.0. The van der Waals surface area contributed by atoms with Crippen LogP contribution in [0, 0.1) is 0 Å². The molecule has 0 aliphatic carbocycles. The zero-order valence-electron chi connectivity index (χ0n) is 17.9. The maximum atomic E-state index is 12.8. The summed E-state index contributed by atoms with van der Waals surface area (Å²) in [7, 11) is -1.80. The molecule has 170 valence electrons. The van der Waals surface area contributed by atoms with Gasteiger partial charge >= 0.3 is 7.12 Å². The monoisotopic (exact) mass is 441 g/mol. The third-order valence-electron chi connectivity index (χ3n) is 4.69. The zero-order chi connectivity index (χ0) is 23.3. The minimum atomic E-state index is -1.80. The highest BCUT2D eigenvalue weighted by atomic mass is 16.4. The predicted molar refractivity (Wildman–Crippen MR) is 118 cm³/mol. The average Bonchev–Trinajstić information content (AvgIpc) is 2.79. The second-order valence-corrected chi connectivity index (χ2v) is 7.18. The van der Waals surface area contributed by atoms with E-state index in [2.05, 4.69) is 25.9 Å². The van der Waals surface area contributed by atoms with Crippen LogP contribution in [0.3, 0.4) is 0 Å². The van der Waals surface area contributed by atoms with E-state index in [4.69, 9.17) is 0 Å². The fraction of sp³-hybridized carbons (Fsp3) is 0.381. The van der Waals surface area contributed by atoms with Crippen molar-refractivity contribution < 1.29 is 24.4 Å². The molecular formula is C21H28BN5O5. The highest BCUT2D eigenvalue weighted by Crippen LogP contribution is 2.08. The molecule has 2 unspecified atom stereocenters.